The highest BCUT2D eigenvalue weighted by atomic mass is 16.2. The smallest absolute Gasteiger partial charge is 0.236 e. The maximum Gasteiger partial charge on any atom is 0.236 e. The van der Waals surface area contributed by atoms with Gasteiger partial charge in [-0.15, -0.1) is 0 Å². The topological polar surface area (TPSA) is 92.5 Å². The van der Waals surface area contributed by atoms with Crippen molar-refractivity contribution in [2.45, 2.75) is 31.3 Å². The van der Waals surface area contributed by atoms with E-state index >= 15 is 0 Å². The number of carbonyl (C=O) groups excluding carboxylic acids is 3. The van der Waals surface area contributed by atoms with Crippen molar-refractivity contribution in [2.75, 3.05) is 6.54 Å². The molecule has 3 unspecified atom stereocenters. The predicted octanol–water partition coefficient (Wildman–Crippen LogP) is -1.40. The molecule has 3 fully saturated rings. The van der Waals surface area contributed by atoms with Gasteiger partial charge in [-0.05, 0) is 19.3 Å². The van der Waals surface area contributed by atoms with Gasteiger partial charge in [-0.3, -0.25) is 19.3 Å². The summed E-state index contributed by atoms with van der Waals surface area (Å²) in [6.07, 6.45) is 2.74. The van der Waals surface area contributed by atoms with E-state index in [0.717, 1.165) is 12.8 Å². The molecule has 0 aromatic heterocycles. The van der Waals surface area contributed by atoms with Gasteiger partial charge in [-0.2, -0.15) is 0 Å². The lowest BCUT2D eigenvalue weighted by Crippen LogP contribution is -2.51. The SMILES string of the molecule is NC(=O)C(CN1C(=O)C2CC2C1=O)NC1CC1. The van der Waals surface area contributed by atoms with Crippen LogP contribution in [0.25, 0.3) is 0 Å². The molecule has 3 N–H and O–H groups in total. The Kier molecular flexibility index (Phi) is 2.22. The van der Waals surface area contributed by atoms with Crippen LogP contribution in [-0.4, -0.2) is 41.2 Å². The number of hydrogen-bond acceptors (Lipinski definition) is 4. The summed E-state index contributed by atoms with van der Waals surface area (Å²) in [4.78, 5) is 35.9. The number of piperidine rings is 1. The molecule has 3 rings (SSSR count). The number of nitrogens with zero attached hydrogens (tertiary/aromatic N) is 1. The number of nitrogens with one attached hydrogen (secondary N) is 1. The molecule has 1 aliphatic heterocycles. The Morgan fingerprint density at radius 1 is 1.35 bits per heavy atom. The normalized spacial score (nSPS) is 32.6. The van der Waals surface area contributed by atoms with Gasteiger partial charge in [-0.1, -0.05) is 0 Å². The second kappa shape index (κ2) is 3.53. The van der Waals surface area contributed by atoms with Crippen LogP contribution in [0.5, 0.6) is 0 Å². The Balaban J connectivity index is 1.65. The van der Waals surface area contributed by atoms with Crippen LogP contribution in [0.15, 0.2) is 0 Å². The van der Waals surface area contributed by atoms with Crippen molar-refractivity contribution in [3.05, 3.63) is 0 Å². The summed E-state index contributed by atoms with van der Waals surface area (Å²) in [7, 11) is 0. The van der Waals surface area contributed by atoms with Gasteiger partial charge in [0.15, 0.2) is 0 Å². The van der Waals surface area contributed by atoms with E-state index in [1.165, 1.54) is 4.90 Å². The number of fused-ring (bicyclic) bond motifs is 1. The van der Waals surface area contributed by atoms with Crippen molar-refractivity contribution in [3.8, 4) is 0 Å². The van der Waals surface area contributed by atoms with Crippen molar-refractivity contribution in [1.82, 2.24) is 10.2 Å². The largest absolute Gasteiger partial charge is 0.368 e. The van der Waals surface area contributed by atoms with Gasteiger partial charge in [0.25, 0.3) is 0 Å². The van der Waals surface area contributed by atoms with Crippen molar-refractivity contribution in [1.29, 1.82) is 0 Å². The van der Waals surface area contributed by atoms with E-state index in [9.17, 15) is 14.4 Å². The fourth-order valence-corrected chi connectivity index (χ4v) is 2.37. The predicted molar refractivity (Wildman–Crippen MR) is 57.5 cm³/mol. The standard InChI is InChI=1S/C11H15N3O3/c12-9(15)8(13-5-1-2-5)4-14-10(16)6-3-7(6)11(14)17/h5-8,13H,1-4H2,(H2,12,15). The molecule has 3 aliphatic rings. The number of primary amides is 1. The van der Waals surface area contributed by atoms with Crippen molar-refractivity contribution >= 4 is 17.7 Å². The van der Waals surface area contributed by atoms with E-state index in [-0.39, 0.29) is 30.2 Å². The first-order chi connectivity index (χ1) is 8.08. The molecule has 2 saturated carbocycles. The maximum absolute atomic E-state index is 11.7. The minimum atomic E-state index is -0.604. The molecule has 0 radical (unpaired) electrons. The first-order valence-corrected chi connectivity index (χ1v) is 5.98. The van der Waals surface area contributed by atoms with Gasteiger partial charge < -0.3 is 11.1 Å². The Bertz CT molecular complexity index is 385. The molecule has 3 amide bonds. The van der Waals surface area contributed by atoms with E-state index in [0.29, 0.717) is 12.5 Å². The molecule has 0 spiro atoms. The lowest BCUT2D eigenvalue weighted by Gasteiger charge is -2.22. The number of hydrogen-bond donors (Lipinski definition) is 2. The fraction of sp³-hybridized carbons (Fsp3) is 0.727. The summed E-state index contributed by atoms with van der Waals surface area (Å²) in [6, 6.07) is -0.289. The van der Waals surface area contributed by atoms with Crippen LogP contribution in [0.2, 0.25) is 0 Å². The number of imide groups is 1. The Hall–Kier alpha value is -1.43. The van der Waals surface area contributed by atoms with Gasteiger partial charge in [0.2, 0.25) is 17.7 Å². The van der Waals surface area contributed by atoms with Crippen LogP contribution in [0.4, 0.5) is 0 Å². The Morgan fingerprint density at radius 3 is 2.41 bits per heavy atom. The highest BCUT2D eigenvalue weighted by Crippen LogP contribution is 2.46. The van der Waals surface area contributed by atoms with E-state index in [1.807, 2.05) is 0 Å². The molecular weight excluding hydrogens is 222 g/mol. The molecular formula is C11H15N3O3. The summed E-state index contributed by atoms with van der Waals surface area (Å²) in [5, 5.41) is 3.07. The fourth-order valence-electron chi connectivity index (χ4n) is 2.37. The molecule has 2 aliphatic carbocycles. The summed E-state index contributed by atoms with van der Waals surface area (Å²) in [6.45, 7) is 0.0938. The molecule has 1 heterocycles. The molecule has 0 bridgehead atoms. The zero-order valence-electron chi connectivity index (χ0n) is 9.39. The molecule has 6 heteroatoms. The summed E-state index contributed by atoms with van der Waals surface area (Å²) >= 11 is 0. The average molecular weight is 237 g/mol. The summed E-state index contributed by atoms with van der Waals surface area (Å²) in [5.74, 6) is -1.00. The first kappa shape index (κ1) is 10.7. The molecule has 0 aromatic rings. The third-order valence-electron chi connectivity index (χ3n) is 3.68. The quantitative estimate of drug-likeness (QED) is 0.575. The lowest BCUT2D eigenvalue weighted by molar-refractivity contribution is -0.142. The molecule has 0 aromatic carbocycles. The van der Waals surface area contributed by atoms with Gasteiger partial charge >= 0.3 is 0 Å². The van der Waals surface area contributed by atoms with E-state index in [1.54, 1.807) is 0 Å². The van der Waals surface area contributed by atoms with E-state index in [2.05, 4.69) is 5.32 Å². The first-order valence-electron chi connectivity index (χ1n) is 5.98. The monoisotopic (exact) mass is 237 g/mol. The van der Waals surface area contributed by atoms with Gasteiger partial charge in [-0.25, -0.2) is 0 Å². The molecule has 17 heavy (non-hydrogen) atoms. The maximum atomic E-state index is 11.7. The Labute approximate surface area is 98.5 Å². The van der Waals surface area contributed by atoms with Crippen LogP contribution in [-0.2, 0) is 14.4 Å². The minimum Gasteiger partial charge on any atom is -0.368 e. The van der Waals surface area contributed by atoms with Gasteiger partial charge in [0.05, 0.1) is 18.4 Å². The van der Waals surface area contributed by atoms with Crippen molar-refractivity contribution in [2.24, 2.45) is 17.6 Å². The average Bonchev–Trinajstić information content (AvgIpc) is 3.12. The van der Waals surface area contributed by atoms with Crippen molar-refractivity contribution < 1.29 is 14.4 Å². The number of amides is 3. The summed E-state index contributed by atoms with van der Waals surface area (Å²) < 4.78 is 0. The number of nitrogens with two attached hydrogens (primary N) is 1. The number of likely N-dealkylation sites (tertiary alicyclic amines) is 1. The third kappa shape index (κ3) is 1.82. The van der Waals surface area contributed by atoms with E-state index in [4.69, 9.17) is 5.73 Å². The summed E-state index contributed by atoms with van der Waals surface area (Å²) in [5.41, 5.74) is 5.28. The molecule has 3 atom stereocenters. The van der Waals surface area contributed by atoms with E-state index < -0.39 is 11.9 Å². The van der Waals surface area contributed by atoms with Crippen LogP contribution in [0.3, 0.4) is 0 Å². The zero-order valence-corrected chi connectivity index (χ0v) is 9.39. The Morgan fingerprint density at radius 2 is 1.94 bits per heavy atom. The number of rotatable bonds is 5. The van der Waals surface area contributed by atoms with Gasteiger partial charge in [0.1, 0.15) is 6.04 Å². The second-order valence-corrected chi connectivity index (χ2v) is 5.13. The highest BCUT2D eigenvalue weighted by Gasteiger charge is 2.59. The van der Waals surface area contributed by atoms with Crippen LogP contribution < -0.4 is 11.1 Å². The molecule has 92 valence electrons. The third-order valence-corrected chi connectivity index (χ3v) is 3.68. The zero-order chi connectivity index (χ0) is 12.2. The van der Waals surface area contributed by atoms with Crippen LogP contribution in [0.1, 0.15) is 19.3 Å². The number of carbonyl (C=O) groups is 3. The second-order valence-electron chi connectivity index (χ2n) is 5.13. The van der Waals surface area contributed by atoms with Crippen LogP contribution in [0, 0.1) is 11.8 Å². The lowest BCUT2D eigenvalue weighted by atomic mass is 10.2. The highest BCUT2D eigenvalue weighted by molar-refractivity contribution is 6.09. The minimum absolute atomic E-state index is 0.0938. The van der Waals surface area contributed by atoms with Crippen molar-refractivity contribution in [3.63, 3.8) is 0 Å². The van der Waals surface area contributed by atoms with Crippen LogP contribution >= 0.6 is 0 Å². The van der Waals surface area contributed by atoms with Gasteiger partial charge in [0, 0.05) is 6.04 Å². The molecule has 6 nitrogen and oxygen atoms in total. The molecule has 1 saturated heterocycles.